The number of hydrogen-bond donors (Lipinski definition) is 2. The molecule has 1 aliphatic heterocycles. The number of ether oxygens (including phenoxy) is 1. The van der Waals surface area contributed by atoms with Gasteiger partial charge in [0.25, 0.3) is 0 Å². The van der Waals surface area contributed by atoms with E-state index in [-0.39, 0.29) is 36.5 Å². The molecule has 20 heavy (non-hydrogen) atoms. The molecule has 1 aromatic rings. The van der Waals surface area contributed by atoms with Gasteiger partial charge in [-0.2, -0.15) is 0 Å². The third-order valence-corrected chi connectivity index (χ3v) is 3.42. The standard InChI is InChI=1S/C13H18N2O4.ClH/c1-8(9-5-14-6-9)12(16)15-7-10-3-4-11(19-10)13(17)18-2;/h3-4,8-9,14H,5-7H2,1-2H3,(H,15,16);1H. The second-order valence-electron chi connectivity index (χ2n) is 4.68. The van der Waals surface area contributed by atoms with Gasteiger partial charge in [0.05, 0.1) is 13.7 Å². The molecule has 1 unspecified atom stereocenters. The largest absolute Gasteiger partial charge is 0.463 e. The van der Waals surface area contributed by atoms with Crippen molar-refractivity contribution in [1.82, 2.24) is 10.6 Å². The third kappa shape index (κ3) is 3.74. The van der Waals surface area contributed by atoms with Gasteiger partial charge in [0, 0.05) is 5.92 Å². The van der Waals surface area contributed by atoms with Crippen molar-refractivity contribution in [2.45, 2.75) is 13.5 Å². The fourth-order valence-corrected chi connectivity index (χ4v) is 1.90. The summed E-state index contributed by atoms with van der Waals surface area (Å²) < 4.78 is 9.81. The number of carbonyl (C=O) groups is 2. The van der Waals surface area contributed by atoms with Crippen LogP contribution in [0.25, 0.3) is 0 Å². The molecular formula is C13H19ClN2O4. The minimum absolute atomic E-state index is 0. The van der Waals surface area contributed by atoms with Gasteiger partial charge in [-0.25, -0.2) is 4.79 Å². The molecular weight excluding hydrogens is 284 g/mol. The lowest BCUT2D eigenvalue weighted by atomic mass is 9.88. The number of nitrogens with one attached hydrogen (secondary N) is 2. The smallest absolute Gasteiger partial charge is 0.373 e. The highest BCUT2D eigenvalue weighted by Gasteiger charge is 2.28. The van der Waals surface area contributed by atoms with Gasteiger partial charge in [0.15, 0.2) is 0 Å². The predicted molar refractivity (Wildman–Crippen MR) is 74.7 cm³/mol. The summed E-state index contributed by atoms with van der Waals surface area (Å²) in [6, 6.07) is 3.19. The minimum Gasteiger partial charge on any atom is -0.463 e. The van der Waals surface area contributed by atoms with Crippen LogP contribution in [0.2, 0.25) is 0 Å². The van der Waals surface area contributed by atoms with Gasteiger partial charge in [-0.3, -0.25) is 4.79 Å². The molecule has 1 aromatic heterocycles. The van der Waals surface area contributed by atoms with Crippen molar-refractivity contribution in [2.75, 3.05) is 20.2 Å². The summed E-state index contributed by atoms with van der Waals surface area (Å²) in [4.78, 5) is 23.1. The van der Waals surface area contributed by atoms with Gasteiger partial charge in [-0.05, 0) is 31.1 Å². The minimum atomic E-state index is -0.522. The third-order valence-electron chi connectivity index (χ3n) is 3.42. The summed E-state index contributed by atoms with van der Waals surface area (Å²) in [5.41, 5.74) is 0. The van der Waals surface area contributed by atoms with E-state index < -0.39 is 5.97 Å². The van der Waals surface area contributed by atoms with E-state index in [4.69, 9.17) is 4.42 Å². The molecule has 6 nitrogen and oxygen atoms in total. The second-order valence-corrected chi connectivity index (χ2v) is 4.68. The summed E-state index contributed by atoms with van der Waals surface area (Å²) in [6.45, 7) is 3.98. The van der Waals surface area contributed by atoms with Crippen LogP contribution in [0.5, 0.6) is 0 Å². The zero-order valence-electron chi connectivity index (χ0n) is 11.5. The molecule has 1 amide bonds. The quantitative estimate of drug-likeness (QED) is 0.792. The van der Waals surface area contributed by atoms with E-state index in [0.717, 1.165) is 13.1 Å². The lowest BCUT2D eigenvalue weighted by Crippen LogP contribution is -2.49. The monoisotopic (exact) mass is 302 g/mol. The Bertz CT molecular complexity index is 471. The molecule has 0 spiro atoms. The first kappa shape index (κ1) is 16.5. The zero-order chi connectivity index (χ0) is 13.8. The van der Waals surface area contributed by atoms with E-state index in [9.17, 15) is 9.59 Å². The SMILES string of the molecule is COC(=O)c1ccc(CNC(=O)C(C)C2CNC2)o1.Cl. The van der Waals surface area contributed by atoms with Crippen LogP contribution in [0.4, 0.5) is 0 Å². The van der Waals surface area contributed by atoms with E-state index in [1.54, 1.807) is 6.07 Å². The summed E-state index contributed by atoms with van der Waals surface area (Å²) in [6.07, 6.45) is 0. The Kier molecular flexibility index (Phi) is 6.04. The van der Waals surface area contributed by atoms with Crippen LogP contribution in [-0.2, 0) is 16.1 Å². The first-order chi connectivity index (χ1) is 9.11. The van der Waals surface area contributed by atoms with Crippen LogP contribution in [-0.4, -0.2) is 32.1 Å². The van der Waals surface area contributed by atoms with Crippen molar-refractivity contribution < 1.29 is 18.7 Å². The van der Waals surface area contributed by atoms with Crippen molar-refractivity contribution in [1.29, 1.82) is 0 Å². The summed E-state index contributed by atoms with van der Waals surface area (Å²) in [5, 5.41) is 5.95. The molecule has 2 heterocycles. The number of methoxy groups -OCH3 is 1. The second kappa shape index (κ2) is 7.31. The Hall–Kier alpha value is -1.53. The van der Waals surface area contributed by atoms with Gasteiger partial charge in [0.2, 0.25) is 11.7 Å². The molecule has 7 heteroatoms. The number of furan rings is 1. The van der Waals surface area contributed by atoms with Gasteiger partial charge >= 0.3 is 5.97 Å². The Morgan fingerprint density at radius 2 is 2.20 bits per heavy atom. The number of rotatable bonds is 5. The van der Waals surface area contributed by atoms with Crippen LogP contribution < -0.4 is 10.6 Å². The highest BCUT2D eigenvalue weighted by atomic mass is 35.5. The normalized spacial score (nSPS) is 15.7. The van der Waals surface area contributed by atoms with Crippen LogP contribution in [0, 0.1) is 11.8 Å². The Balaban J connectivity index is 0.00000200. The molecule has 2 N–H and O–H groups in total. The average Bonchev–Trinajstić information content (AvgIpc) is 2.81. The number of carbonyl (C=O) groups excluding carboxylic acids is 2. The Labute approximate surface area is 123 Å². The van der Waals surface area contributed by atoms with E-state index in [1.165, 1.54) is 13.2 Å². The number of amides is 1. The Morgan fingerprint density at radius 1 is 1.50 bits per heavy atom. The maximum atomic E-state index is 11.9. The van der Waals surface area contributed by atoms with E-state index in [0.29, 0.717) is 11.7 Å². The van der Waals surface area contributed by atoms with Crippen LogP contribution in [0.1, 0.15) is 23.2 Å². The maximum Gasteiger partial charge on any atom is 0.373 e. The van der Waals surface area contributed by atoms with Crippen LogP contribution in [0.3, 0.4) is 0 Å². The molecule has 1 saturated heterocycles. The van der Waals surface area contributed by atoms with Crippen molar-refractivity contribution in [3.63, 3.8) is 0 Å². The zero-order valence-corrected chi connectivity index (χ0v) is 12.3. The molecule has 0 bridgehead atoms. The van der Waals surface area contributed by atoms with Gasteiger partial charge in [0.1, 0.15) is 5.76 Å². The first-order valence-electron chi connectivity index (χ1n) is 6.27. The fourth-order valence-electron chi connectivity index (χ4n) is 1.90. The lowest BCUT2D eigenvalue weighted by Gasteiger charge is -2.31. The molecule has 1 atom stereocenters. The predicted octanol–water partition coefficient (Wildman–Crippen LogP) is 0.960. The molecule has 0 saturated carbocycles. The molecule has 0 aliphatic carbocycles. The van der Waals surface area contributed by atoms with Crippen LogP contribution in [0.15, 0.2) is 16.5 Å². The number of hydrogen-bond acceptors (Lipinski definition) is 5. The Morgan fingerprint density at radius 3 is 2.75 bits per heavy atom. The molecule has 0 aromatic carbocycles. The van der Waals surface area contributed by atoms with Gasteiger partial charge < -0.3 is 19.8 Å². The van der Waals surface area contributed by atoms with Crippen molar-refractivity contribution in [3.05, 3.63) is 23.7 Å². The van der Waals surface area contributed by atoms with E-state index >= 15 is 0 Å². The van der Waals surface area contributed by atoms with Crippen molar-refractivity contribution in [3.8, 4) is 0 Å². The summed E-state index contributed by atoms with van der Waals surface area (Å²) in [5.74, 6) is 0.545. The van der Waals surface area contributed by atoms with E-state index in [1.807, 2.05) is 6.92 Å². The van der Waals surface area contributed by atoms with Gasteiger partial charge in [-0.15, -0.1) is 12.4 Å². The molecule has 2 rings (SSSR count). The first-order valence-corrected chi connectivity index (χ1v) is 6.27. The van der Waals surface area contributed by atoms with Gasteiger partial charge in [-0.1, -0.05) is 6.92 Å². The topological polar surface area (TPSA) is 80.6 Å². The lowest BCUT2D eigenvalue weighted by molar-refractivity contribution is -0.126. The average molecular weight is 303 g/mol. The van der Waals surface area contributed by atoms with Crippen molar-refractivity contribution >= 4 is 24.3 Å². The molecule has 112 valence electrons. The molecule has 1 aliphatic rings. The highest BCUT2D eigenvalue weighted by Crippen LogP contribution is 2.16. The highest BCUT2D eigenvalue weighted by molar-refractivity contribution is 5.86. The summed E-state index contributed by atoms with van der Waals surface area (Å²) in [7, 11) is 1.29. The van der Waals surface area contributed by atoms with Crippen molar-refractivity contribution in [2.24, 2.45) is 11.8 Å². The fraction of sp³-hybridized carbons (Fsp3) is 0.538. The number of halogens is 1. The maximum absolute atomic E-state index is 11.9. The van der Waals surface area contributed by atoms with Crippen LogP contribution >= 0.6 is 12.4 Å². The number of esters is 1. The molecule has 0 radical (unpaired) electrons. The van der Waals surface area contributed by atoms with E-state index in [2.05, 4.69) is 15.4 Å². The summed E-state index contributed by atoms with van der Waals surface area (Å²) >= 11 is 0. The molecule has 1 fully saturated rings.